The zero-order valence-corrected chi connectivity index (χ0v) is 18.2. The van der Waals surface area contributed by atoms with E-state index in [-0.39, 0.29) is 5.91 Å². The van der Waals surface area contributed by atoms with Crippen LogP contribution in [0.25, 0.3) is 10.6 Å². The van der Waals surface area contributed by atoms with Crippen LogP contribution in [-0.2, 0) is 7.05 Å². The summed E-state index contributed by atoms with van der Waals surface area (Å²) in [7, 11) is 1.79. The zero-order valence-electron chi connectivity index (χ0n) is 17.4. The van der Waals surface area contributed by atoms with E-state index in [1.54, 1.807) is 23.1 Å². The lowest BCUT2D eigenvalue weighted by Gasteiger charge is -2.28. The molecule has 8 nitrogen and oxygen atoms in total. The van der Waals surface area contributed by atoms with Gasteiger partial charge in [0.15, 0.2) is 0 Å². The van der Waals surface area contributed by atoms with E-state index in [0.717, 1.165) is 41.1 Å². The lowest BCUT2D eigenvalue weighted by atomic mass is 10.1. The molecule has 1 fully saturated rings. The average molecular weight is 426 g/mol. The van der Waals surface area contributed by atoms with E-state index in [0.29, 0.717) is 18.8 Å². The van der Waals surface area contributed by atoms with Gasteiger partial charge in [0.1, 0.15) is 28.8 Å². The standard InChI is InChI=1S/C21H27N7OS/c1-15-24-19(14-20(25-15)28-10-4-3-5-11-28)22-8-9-23-21(29)17-13-16(26-27(17)2)18-7-6-12-30-18/h6-7,12-14H,3-5,8-11H2,1-2H3,(H,23,29)(H,22,24,25). The molecule has 30 heavy (non-hydrogen) atoms. The van der Waals surface area contributed by atoms with Crippen molar-refractivity contribution in [3.8, 4) is 10.6 Å². The van der Waals surface area contributed by atoms with Crippen LogP contribution >= 0.6 is 11.3 Å². The van der Waals surface area contributed by atoms with Crippen LogP contribution < -0.4 is 15.5 Å². The van der Waals surface area contributed by atoms with Crippen LogP contribution in [-0.4, -0.2) is 51.8 Å². The van der Waals surface area contributed by atoms with E-state index in [9.17, 15) is 4.79 Å². The number of amides is 1. The van der Waals surface area contributed by atoms with Crippen LogP contribution in [0.15, 0.2) is 29.6 Å². The summed E-state index contributed by atoms with van der Waals surface area (Å²) in [4.78, 5) is 25.0. The molecule has 2 N–H and O–H groups in total. The number of aryl methyl sites for hydroxylation is 2. The molecule has 0 spiro atoms. The number of nitrogens with zero attached hydrogens (tertiary/aromatic N) is 5. The number of carbonyl (C=O) groups is 1. The molecule has 0 saturated carbocycles. The summed E-state index contributed by atoms with van der Waals surface area (Å²) < 4.78 is 1.62. The third kappa shape index (κ3) is 4.79. The molecule has 0 aromatic carbocycles. The molecule has 1 aliphatic heterocycles. The Morgan fingerprint density at radius 1 is 1.17 bits per heavy atom. The molecule has 0 bridgehead atoms. The molecule has 158 valence electrons. The smallest absolute Gasteiger partial charge is 0.269 e. The Hall–Kier alpha value is -2.94. The predicted molar refractivity (Wildman–Crippen MR) is 120 cm³/mol. The van der Waals surface area contributed by atoms with Crippen molar-refractivity contribution in [3.05, 3.63) is 41.2 Å². The number of aromatic nitrogens is 4. The van der Waals surface area contributed by atoms with Gasteiger partial charge in [0.25, 0.3) is 5.91 Å². The maximum Gasteiger partial charge on any atom is 0.269 e. The molecule has 3 aromatic rings. The molecule has 1 amide bonds. The highest BCUT2D eigenvalue weighted by Crippen LogP contribution is 2.24. The number of nitrogens with one attached hydrogen (secondary N) is 2. The molecule has 4 heterocycles. The van der Waals surface area contributed by atoms with E-state index in [1.807, 2.05) is 36.6 Å². The third-order valence-electron chi connectivity index (χ3n) is 5.11. The van der Waals surface area contributed by atoms with Gasteiger partial charge in [-0.3, -0.25) is 9.48 Å². The first-order valence-corrected chi connectivity index (χ1v) is 11.2. The minimum atomic E-state index is -0.137. The largest absolute Gasteiger partial charge is 0.368 e. The highest BCUT2D eigenvalue weighted by atomic mass is 32.1. The summed E-state index contributed by atoms with van der Waals surface area (Å²) in [5.74, 6) is 2.38. The lowest BCUT2D eigenvalue weighted by Crippen LogP contribution is -2.31. The average Bonchev–Trinajstić information content (AvgIpc) is 3.41. The Morgan fingerprint density at radius 3 is 2.77 bits per heavy atom. The van der Waals surface area contributed by atoms with Gasteiger partial charge >= 0.3 is 0 Å². The SMILES string of the molecule is Cc1nc(NCCNC(=O)c2cc(-c3cccs3)nn2C)cc(N2CCCCC2)n1. The topological polar surface area (TPSA) is 88.0 Å². The van der Waals surface area contributed by atoms with E-state index in [1.165, 1.54) is 19.3 Å². The van der Waals surface area contributed by atoms with Crippen LogP contribution in [0, 0.1) is 6.92 Å². The Labute approximate surface area is 180 Å². The second-order valence-corrected chi connectivity index (χ2v) is 8.35. The molecule has 0 atom stereocenters. The van der Waals surface area contributed by atoms with Gasteiger partial charge in [-0.1, -0.05) is 6.07 Å². The van der Waals surface area contributed by atoms with E-state index in [4.69, 9.17) is 0 Å². The number of anilines is 2. The van der Waals surface area contributed by atoms with Crippen LogP contribution in [0.5, 0.6) is 0 Å². The molecule has 0 aliphatic carbocycles. The minimum Gasteiger partial charge on any atom is -0.368 e. The van der Waals surface area contributed by atoms with Crippen LogP contribution in [0.1, 0.15) is 35.6 Å². The molecule has 4 rings (SSSR count). The number of hydrogen-bond donors (Lipinski definition) is 2. The van der Waals surface area contributed by atoms with Crippen molar-refractivity contribution in [2.75, 3.05) is 36.4 Å². The highest BCUT2D eigenvalue weighted by Gasteiger charge is 2.15. The van der Waals surface area contributed by atoms with Gasteiger partial charge in [0, 0.05) is 39.3 Å². The fourth-order valence-electron chi connectivity index (χ4n) is 3.61. The van der Waals surface area contributed by atoms with Crippen LogP contribution in [0.4, 0.5) is 11.6 Å². The summed E-state index contributed by atoms with van der Waals surface area (Å²) in [6, 6.07) is 7.80. The Kier molecular flexibility index (Phi) is 6.27. The van der Waals surface area contributed by atoms with E-state index >= 15 is 0 Å². The maximum atomic E-state index is 12.5. The Balaban J connectivity index is 1.31. The van der Waals surface area contributed by atoms with Gasteiger partial charge in [0.05, 0.1) is 4.88 Å². The number of hydrogen-bond acceptors (Lipinski definition) is 7. The summed E-state index contributed by atoms with van der Waals surface area (Å²) in [6.07, 6.45) is 3.71. The number of thiophene rings is 1. The molecule has 9 heteroatoms. The maximum absolute atomic E-state index is 12.5. The van der Waals surface area contributed by atoms with Crippen molar-refractivity contribution >= 4 is 28.9 Å². The quantitative estimate of drug-likeness (QED) is 0.566. The van der Waals surface area contributed by atoms with Gasteiger partial charge in [-0.15, -0.1) is 11.3 Å². The summed E-state index contributed by atoms with van der Waals surface area (Å²) in [6.45, 7) is 5.07. The second-order valence-electron chi connectivity index (χ2n) is 7.40. The first kappa shape index (κ1) is 20.3. The molecule has 0 radical (unpaired) electrons. The van der Waals surface area contributed by atoms with Crippen molar-refractivity contribution in [1.82, 2.24) is 25.1 Å². The minimum absolute atomic E-state index is 0.137. The second kappa shape index (κ2) is 9.25. The first-order chi connectivity index (χ1) is 14.6. The van der Waals surface area contributed by atoms with Crippen molar-refractivity contribution in [2.45, 2.75) is 26.2 Å². The third-order valence-corrected chi connectivity index (χ3v) is 6.00. The lowest BCUT2D eigenvalue weighted by molar-refractivity contribution is 0.0946. The summed E-state index contributed by atoms with van der Waals surface area (Å²) in [5.41, 5.74) is 1.36. The van der Waals surface area contributed by atoms with Gasteiger partial charge in [-0.05, 0) is 43.7 Å². The summed E-state index contributed by atoms with van der Waals surface area (Å²) >= 11 is 1.61. The predicted octanol–water partition coefficient (Wildman–Crippen LogP) is 3.08. The van der Waals surface area contributed by atoms with Crippen LogP contribution in [0.3, 0.4) is 0 Å². The van der Waals surface area contributed by atoms with Crippen LogP contribution in [0.2, 0.25) is 0 Å². The fraction of sp³-hybridized carbons (Fsp3) is 0.429. The van der Waals surface area contributed by atoms with Gasteiger partial charge in [-0.2, -0.15) is 5.10 Å². The van der Waals surface area contributed by atoms with Gasteiger partial charge in [0.2, 0.25) is 0 Å². The van der Waals surface area contributed by atoms with Gasteiger partial charge < -0.3 is 15.5 Å². The monoisotopic (exact) mass is 425 g/mol. The fourth-order valence-corrected chi connectivity index (χ4v) is 4.29. The number of piperidine rings is 1. The number of rotatable bonds is 7. The summed E-state index contributed by atoms with van der Waals surface area (Å²) in [5, 5.41) is 12.7. The molecule has 1 aliphatic rings. The normalized spacial score (nSPS) is 14.0. The van der Waals surface area contributed by atoms with E-state index < -0.39 is 0 Å². The zero-order chi connectivity index (χ0) is 20.9. The van der Waals surface area contributed by atoms with Gasteiger partial charge in [-0.25, -0.2) is 9.97 Å². The molecule has 0 unspecified atom stereocenters. The molecule has 1 saturated heterocycles. The van der Waals surface area contributed by atoms with E-state index in [2.05, 4.69) is 30.6 Å². The van der Waals surface area contributed by atoms with Crippen molar-refractivity contribution in [3.63, 3.8) is 0 Å². The van der Waals surface area contributed by atoms with Crippen molar-refractivity contribution in [2.24, 2.45) is 7.05 Å². The van der Waals surface area contributed by atoms with Crippen molar-refractivity contribution < 1.29 is 4.79 Å². The Morgan fingerprint density at radius 2 is 2.00 bits per heavy atom. The Bertz CT molecular complexity index is 993. The molecular weight excluding hydrogens is 398 g/mol. The molecule has 3 aromatic heterocycles. The number of carbonyl (C=O) groups excluding carboxylic acids is 1. The van der Waals surface area contributed by atoms with Crippen molar-refractivity contribution in [1.29, 1.82) is 0 Å². The first-order valence-electron chi connectivity index (χ1n) is 10.3. The highest BCUT2D eigenvalue weighted by molar-refractivity contribution is 7.13. The molecular formula is C21H27N7OS.